The summed E-state index contributed by atoms with van der Waals surface area (Å²) in [6.45, 7) is 1.64. The van der Waals surface area contributed by atoms with Crippen molar-refractivity contribution in [3.8, 4) is 11.5 Å². The number of benzene rings is 3. The highest BCUT2D eigenvalue weighted by Crippen LogP contribution is 2.32. The average molecular weight is 428 g/mol. The summed E-state index contributed by atoms with van der Waals surface area (Å²) in [7, 11) is 1.66. The molecular formula is C27H25NO4. The molecule has 5 nitrogen and oxygen atoms in total. The van der Waals surface area contributed by atoms with Crippen LogP contribution in [0, 0.1) is 0 Å². The Morgan fingerprint density at radius 2 is 1.72 bits per heavy atom. The highest BCUT2D eigenvalue weighted by molar-refractivity contribution is 5.99. The minimum atomic E-state index is -0.0797. The van der Waals surface area contributed by atoms with Crippen LogP contribution in [0.1, 0.15) is 34.0 Å². The fraction of sp³-hybridized carbons (Fsp3) is 0.222. The molecule has 1 aromatic heterocycles. The van der Waals surface area contributed by atoms with Gasteiger partial charge >= 0.3 is 0 Å². The normalized spacial score (nSPS) is 15.8. The molecular weight excluding hydrogens is 402 g/mol. The predicted molar refractivity (Wildman–Crippen MR) is 123 cm³/mol. The van der Waals surface area contributed by atoms with Crippen LogP contribution < -0.4 is 9.47 Å². The van der Waals surface area contributed by atoms with Crippen molar-refractivity contribution < 1.29 is 18.7 Å². The first-order valence-corrected chi connectivity index (χ1v) is 10.8. The molecule has 0 N–H and O–H groups in total. The minimum absolute atomic E-state index is 0.0797. The van der Waals surface area contributed by atoms with E-state index in [9.17, 15) is 4.79 Å². The van der Waals surface area contributed by atoms with E-state index in [2.05, 4.69) is 12.1 Å². The van der Waals surface area contributed by atoms with Crippen molar-refractivity contribution in [2.75, 3.05) is 20.2 Å². The van der Waals surface area contributed by atoms with Crippen LogP contribution in [0.15, 0.2) is 83.3 Å². The van der Waals surface area contributed by atoms with E-state index in [4.69, 9.17) is 13.9 Å². The summed E-state index contributed by atoms with van der Waals surface area (Å²) >= 11 is 0. The van der Waals surface area contributed by atoms with Gasteiger partial charge in [-0.1, -0.05) is 48.5 Å². The number of furan rings is 1. The Kier molecular flexibility index (Phi) is 5.55. The van der Waals surface area contributed by atoms with Gasteiger partial charge in [0, 0.05) is 30.0 Å². The molecule has 0 bridgehead atoms. The van der Waals surface area contributed by atoms with Gasteiger partial charge in [0.2, 0.25) is 0 Å². The maximum Gasteiger partial charge on any atom is 0.290 e. The number of hydrogen-bond donors (Lipinski definition) is 0. The van der Waals surface area contributed by atoms with Crippen molar-refractivity contribution in [2.45, 2.75) is 18.9 Å². The third kappa shape index (κ3) is 3.94. The molecule has 1 saturated heterocycles. The van der Waals surface area contributed by atoms with Gasteiger partial charge in [-0.25, -0.2) is 0 Å². The van der Waals surface area contributed by atoms with Crippen molar-refractivity contribution in [2.24, 2.45) is 0 Å². The topological polar surface area (TPSA) is 51.9 Å². The summed E-state index contributed by atoms with van der Waals surface area (Å²) in [5, 5.41) is 0.915. The lowest BCUT2D eigenvalue weighted by Gasteiger charge is -2.16. The van der Waals surface area contributed by atoms with Crippen LogP contribution in [0.2, 0.25) is 0 Å². The van der Waals surface area contributed by atoms with Gasteiger partial charge in [-0.2, -0.15) is 0 Å². The van der Waals surface area contributed by atoms with Crippen LogP contribution in [0.5, 0.6) is 11.5 Å². The second kappa shape index (κ2) is 8.79. The van der Waals surface area contributed by atoms with E-state index in [-0.39, 0.29) is 12.5 Å². The Balaban J connectivity index is 1.38. The van der Waals surface area contributed by atoms with E-state index in [0.717, 1.165) is 28.9 Å². The van der Waals surface area contributed by atoms with Gasteiger partial charge in [0.1, 0.15) is 23.7 Å². The molecule has 162 valence electrons. The Hall–Kier alpha value is -3.73. The number of amides is 1. The van der Waals surface area contributed by atoms with E-state index < -0.39 is 0 Å². The van der Waals surface area contributed by atoms with Crippen LogP contribution in [0.25, 0.3) is 11.0 Å². The molecule has 32 heavy (non-hydrogen) atoms. The van der Waals surface area contributed by atoms with E-state index in [1.54, 1.807) is 7.11 Å². The first-order valence-electron chi connectivity index (χ1n) is 10.8. The molecule has 0 radical (unpaired) electrons. The molecule has 1 atom stereocenters. The van der Waals surface area contributed by atoms with Crippen molar-refractivity contribution in [3.63, 3.8) is 0 Å². The summed E-state index contributed by atoms with van der Waals surface area (Å²) in [6.07, 6.45) is 0.925. The number of rotatable bonds is 6. The fourth-order valence-corrected chi connectivity index (χ4v) is 4.32. The van der Waals surface area contributed by atoms with E-state index in [1.807, 2.05) is 71.6 Å². The quantitative estimate of drug-likeness (QED) is 0.399. The molecule has 1 fully saturated rings. The Morgan fingerprint density at radius 3 is 2.50 bits per heavy atom. The monoisotopic (exact) mass is 427 g/mol. The van der Waals surface area contributed by atoms with Crippen molar-refractivity contribution in [3.05, 3.63) is 95.7 Å². The summed E-state index contributed by atoms with van der Waals surface area (Å²) in [6, 6.07) is 25.5. The Labute approximate surface area is 187 Å². The van der Waals surface area contributed by atoms with Crippen LogP contribution >= 0.6 is 0 Å². The lowest BCUT2D eigenvalue weighted by atomic mass is 9.98. The zero-order valence-electron chi connectivity index (χ0n) is 18.0. The van der Waals surface area contributed by atoms with Gasteiger partial charge in [-0.05, 0) is 42.3 Å². The van der Waals surface area contributed by atoms with Crippen LogP contribution in [0.4, 0.5) is 0 Å². The number of hydrogen-bond acceptors (Lipinski definition) is 4. The molecule has 5 rings (SSSR count). The van der Waals surface area contributed by atoms with Crippen LogP contribution in [-0.4, -0.2) is 31.0 Å². The van der Waals surface area contributed by atoms with Crippen molar-refractivity contribution in [1.29, 1.82) is 0 Å². The zero-order chi connectivity index (χ0) is 21.9. The summed E-state index contributed by atoms with van der Waals surface area (Å²) in [5.74, 6) is 2.20. The van der Waals surface area contributed by atoms with Gasteiger partial charge < -0.3 is 18.8 Å². The number of fused-ring (bicyclic) bond motifs is 1. The molecule has 1 amide bonds. The number of carbonyl (C=O) groups is 1. The Morgan fingerprint density at radius 1 is 0.969 bits per heavy atom. The summed E-state index contributed by atoms with van der Waals surface area (Å²) < 4.78 is 17.3. The minimum Gasteiger partial charge on any atom is -0.497 e. The molecule has 0 saturated carbocycles. The van der Waals surface area contributed by atoms with E-state index in [0.29, 0.717) is 30.4 Å². The average Bonchev–Trinajstić information content (AvgIpc) is 3.48. The third-order valence-electron chi connectivity index (χ3n) is 6.08. The SMILES string of the molecule is COc1ccc(C2CCN(C(=O)c3oc4ccccc4c3COc3ccccc3)C2)cc1. The van der Waals surface area contributed by atoms with Crippen LogP contribution in [0.3, 0.4) is 0 Å². The zero-order valence-corrected chi connectivity index (χ0v) is 18.0. The molecule has 0 aliphatic carbocycles. The number of nitrogens with zero attached hydrogens (tertiary/aromatic N) is 1. The highest BCUT2D eigenvalue weighted by Gasteiger charge is 2.32. The molecule has 0 spiro atoms. The van der Waals surface area contributed by atoms with Crippen LogP contribution in [-0.2, 0) is 6.61 Å². The number of carbonyl (C=O) groups excluding carboxylic acids is 1. The molecule has 1 aliphatic heterocycles. The predicted octanol–water partition coefficient (Wildman–Crippen LogP) is 5.65. The number of likely N-dealkylation sites (tertiary alicyclic amines) is 1. The fourth-order valence-electron chi connectivity index (χ4n) is 4.32. The van der Waals surface area contributed by atoms with Gasteiger partial charge in [-0.15, -0.1) is 0 Å². The molecule has 4 aromatic rings. The number of methoxy groups -OCH3 is 1. The third-order valence-corrected chi connectivity index (χ3v) is 6.08. The van der Waals surface area contributed by atoms with Gasteiger partial charge in [-0.3, -0.25) is 4.79 Å². The van der Waals surface area contributed by atoms with Gasteiger partial charge in [0.15, 0.2) is 5.76 Å². The van der Waals surface area contributed by atoms with E-state index >= 15 is 0 Å². The lowest BCUT2D eigenvalue weighted by molar-refractivity contribution is 0.0758. The smallest absolute Gasteiger partial charge is 0.290 e. The summed E-state index contributed by atoms with van der Waals surface area (Å²) in [5.41, 5.74) is 2.72. The van der Waals surface area contributed by atoms with Gasteiger partial charge in [0.25, 0.3) is 5.91 Å². The van der Waals surface area contributed by atoms with Gasteiger partial charge in [0.05, 0.1) is 7.11 Å². The lowest BCUT2D eigenvalue weighted by Crippen LogP contribution is -2.29. The largest absolute Gasteiger partial charge is 0.497 e. The second-order valence-electron chi connectivity index (χ2n) is 8.02. The first kappa shape index (κ1) is 20.2. The second-order valence-corrected chi connectivity index (χ2v) is 8.02. The maximum absolute atomic E-state index is 13.5. The van der Waals surface area contributed by atoms with Crippen molar-refractivity contribution in [1.82, 2.24) is 4.90 Å². The van der Waals surface area contributed by atoms with E-state index in [1.165, 1.54) is 5.56 Å². The number of ether oxygens (including phenoxy) is 2. The highest BCUT2D eigenvalue weighted by atomic mass is 16.5. The van der Waals surface area contributed by atoms with Crippen molar-refractivity contribution >= 4 is 16.9 Å². The first-order chi connectivity index (χ1) is 15.7. The Bertz CT molecular complexity index is 1210. The summed E-state index contributed by atoms with van der Waals surface area (Å²) in [4.78, 5) is 15.4. The molecule has 1 unspecified atom stereocenters. The molecule has 2 heterocycles. The maximum atomic E-state index is 13.5. The molecule has 1 aliphatic rings. The standard InChI is InChI=1S/C27H25NO4/c1-30-21-13-11-19(12-14-21)20-15-16-28(17-20)27(29)26-24(18-31-22-7-3-2-4-8-22)23-9-5-6-10-25(23)32-26/h2-14,20H,15-18H2,1H3. The molecule has 5 heteroatoms. The molecule has 3 aromatic carbocycles. The number of para-hydroxylation sites is 2.